The second-order valence-corrected chi connectivity index (χ2v) is 5.45. The maximum atomic E-state index is 12.1. The van der Waals surface area contributed by atoms with Gasteiger partial charge in [0.1, 0.15) is 12.1 Å². The van der Waals surface area contributed by atoms with E-state index < -0.39 is 0 Å². The molecule has 0 bridgehead atoms. The van der Waals surface area contributed by atoms with Gasteiger partial charge in [-0.15, -0.1) is 5.10 Å². The van der Waals surface area contributed by atoms with E-state index in [1.807, 2.05) is 40.9 Å². The number of hydrogen-bond acceptors (Lipinski definition) is 4. The highest BCUT2D eigenvalue weighted by molar-refractivity contribution is 7.99. The van der Waals surface area contributed by atoms with Crippen molar-refractivity contribution in [2.24, 2.45) is 0 Å². The lowest BCUT2D eigenvalue weighted by molar-refractivity contribution is -0.131. The number of thioether (sulfide) groups is 1. The summed E-state index contributed by atoms with van der Waals surface area (Å²) in [5.41, 5.74) is 1.75. The number of benzene rings is 1. The second-order valence-electron chi connectivity index (χ2n) is 4.23. The molecule has 1 aliphatic rings. The molecule has 0 aliphatic carbocycles. The molecular formula is C12H14N4OS. The maximum Gasteiger partial charge on any atom is 0.244 e. The van der Waals surface area contributed by atoms with E-state index in [1.165, 1.54) is 0 Å². The first kappa shape index (κ1) is 11.5. The average molecular weight is 262 g/mol. The molecule has 0 atom stereocenters. The maximum absolute atomic E-state index is 12.1. The van der Waals surface area contributed by atoms with Crippen molar-refractivity contribution in [2.45, 2.75) is 6.54 Å². The molecular weight excluding hydrogens is 248 g/mol. The molecule has 5 nitrogen and oxygen atoms in total. The Kier molecular flexibility index (Phi) is 3.19. The van der Waals surface area contributed by atoms with Crippen molar-refractivity contribution in [3.05, 3.63) is 24.3 Å². The van der Waals surface area contributed by atoms with Crippen LogP contribution in [0.2, 0.25) is 0 Å². The molecule has 1 aliphatic heterocycles. The SMILES string of the molecule is O=C(Cn1nnc2ccccc21)N1CCSCC1. The molecule has 2 aromatic rings. The Morgan fingerprint density at radius 2 is 2.06 bits per heavy atom. The van der Waals surface area contributed by atoms with Gasteiger partial charge in [0, 0.05) is 24.6 Å². The fourth-order valence-corrected chi connectivity index (χ4v) is 2.98. The molecule has 0 saturated carbocycles. The molecule has 94 valence electrons. The second kappa shape index (κ2) is 4.97. The Balaban J connectivity index is 1.77. The van der Waals surface area contributed by atoms with Gasteiger partial charge in [0.25, 0.3) is 0 Å². The van der Waals surface area contributed by atoms with Gasteiger partial charge in [-0.2, -0.15) is 11.8 Å². The minimum absolute atomic E-state index is 0.131. The third-order valence-electron chi connectivity index (χ3n) is 3.07. The number of amides is 1. The topological polar surface area (TPSA) is 51.0 Å². The highest BCUT2D eigenvalue weighted by Crippen LogP contribution is 2.12. The van der Waals surface area contributed by atoms with Crippen molar-refractivity contribution in [3.63, 3.8) is 0 Å². The zero-order chi connectivity index (χ0) is 12.4. The molecule has 3 rings (SSSR count). The number of hydrogen-bond donors (Lipinski definition) is 0. The molecule has 1 aromatic carbocycles. The number of carbonyl (C=O) groups is 1. The lowest BCUT2D eigenvalue weighted by atomic mass is 10.3. The standard InChI is InChI=1S/C12H14N4OS/c17-12(15-5-7-18-8-6-15)9-16-11-4-2-1-3-10(11)13-14-16/h1-4H,5-9H2. The predicted octanol–water partition coefficient (Wildman–Crippen LogP) is 1.01. The third kappa shape index (κ3) is 2.20. The van der Waals surface area contributed by atoms with Crippen molar-refractivity contribution in [2.75, 3.05) is 24.6 Å². The molecule has 2 heterocycles. The van der Waals surface area contributed by atoms with E-state index >= 15 is 0 Å². The molecule has 0 radical (unpaired) electrons. The van der Waals surface area contributed by atoms with Crippen LogP contribution in [0.25, 0.3) is 11.0 Å². The van der Waals surface area contributed by atoms with Gasteiger partial charge >= 0.3 is 0 Å². The molecule has 0 unspecified atom stereocenters. The fourth-order valence-electron chi connectivity index (χ4n) is 2.08. The number of carbonyl (C=O) groups excluding carboxylic acids is 1. The van der Waals surface area contributed by atoms with E-state index in [-0.39, 0.29) is 12.5 Å². The van der Waals surface area contributed by atoms with Crippen molar-refractivity contribution in [1.29, 1.82) is 0 Å². The van der Waals surface area contributed by atoms with Gasteiger partial charge in [-0.1, -0.05) is 17.3 Å². The van der Waals surface area contributed by atoms with E-state index in [1.54, 1.807) is 4.68 Å². The number of rotatable bonds is 2. The smallest absolute Gasteiger partial charge is 0.244 e. The lowest BCUT2D eigenvalue weighted by Gasteiger charge is -2.26. The molecule has 6 heteroatoms. The van der Waals surface area contributed by atoms with Gasteiger partial charge in [-0.05, 0) is 12.1 Å². The van der Waals surface area contributed by atoms with E-state index in [4.69, 9.17) is 0 Å². The predicted molar refractivity (Wildman–Crippen MR) is 71.4 cm³/mol. The normalized spacial score (nSPS) is 16.1. The van der Waals surface area contributed by atoms with E-state index in [2.05, 4.69) is 10.3 Å². The summed E-state index contributed by atoms with van der Waals surface area (Å²) < 4.78 is 1.68. The summed E-state index contributed by atoms with van der Waals surface area (Å²) in [7, 11) is 0. The quantitative estimate of drug-likeness (QED) is 0.810. The van der Waals surface area contributed by atoms with E-state index in [0.29, 0.717) is 0 Å². The minimum atomic E-state index is 0.131. The first-order valence-electron chi connectivity index (χ1n) is 5.98. The molecule has 0 spiro atoms. The van der Waals surface area contributed by atoms with Gasteiger partial charge in [0.05, 0.1) is 5.52 Å². The Morgan fingerprint density at radius 1 is 1.28 bits per heavy atom. The molecule has 1 saturated heterocycles. The summed E-state index contributed by atoms with van der Waals surface area (Å²) in [6.07, 6.45) is 0. The van der Waals surface area contributed by atoms with Crippen molar-refractivity contribution >= 4 is 28.7 Å². The van der Waals surface area contributed by atoms with Crippen LogP contribution in [-0.4, -0.2) is 50.4 Å². The molecule has 1 fully saturated rings. The monoisotopic (exact) mass is 262 g/mol. The van der Waals surface area contributed by atoms with Crippen LogP contribution in [0.1, 0.15) is 0 Å². The van der Waals surface area contributed by atoms with Crippen LogP contribution in [0.4, 0.5) is 0 Å². The Hall–Kier alpha value is -1.56. The van der Waals surface area contributed by atoms with Crippen LogP contribution in [0.15, 0.2) is 24.3 Å². The number of nitrogens with zero attached hydrogens (tertiary/aromatic N) is 4. The highest BCUT2D eigenvalue weighted by atomic mass is 32.2. The molecule has 1 amide bonds. The Bertz CT molecular complexity index is 562. The van der Waals surface area contributed by atoms with Crippen LogP contribution in [0.3, 0.4) is 0 Å². The van der Waals surface area contributed by atoms with Crippen LogP contribution < -0.4 is 0 Å². The van der Waals surface area contributed by atoms with Gasteiger partial charge in [-0.3, -0.25) is 4.79 Å². The van der Waals surface area contributed by atoms with E-state index in [9.17, 15) is 4.79 Å². The van der Waals surface area contributed by atoms with Gasteiger partial charge in [-0.25, -0.2) is 4.68 Å². The highest BCUT2D eigenvalue weighted by Gasteiger charge is 2.18. The lowest BCUT2D eigenvalue weighted by Crippen LogP contribution is -2.39. The van der Waals surface area contributed by atoms with Crippen LogP contribution in [0.5, 0.6) is 0 Å². The fraction of sp³-hybridized carbons (Fsp3) is 0.417. The van der Waals surface area contributed by atoms with Gasteiger partial charge in [0.2, 0.25) is 5.91 Å². The first-order valence-corrected chi connectivity index (χ1v) is 7.14. The number of para-hydroxylation sites is 1. The van der Waals surface area contributed by atoms with Gasteiger partial charge in [0.15, 0.2) is 0 Å². The summed E-state index contributed by atoms with van der Waals surface area (Å²) in [6, 6.07) is 7.70. The zero-order valence-corrected chi connectivity index (χ0v) is 10.8. The van der Waals surface area contributed by atoms with Crippen LogP contribution in [-0.2, 0) is 11.3 Å². The van der Waals surface area contributed by atoms with E-state index in [0.717, 1.165) is 35.6 Å². The third-order valence-corrected chi connectivity index (χ3v) is 4.01. The minimum Gasteiger partial charge on any atom is -0.339 e. The largest absolute Gasteiger partial charge is 0.339 e. The van der Waals surface area contributed by atoms with Crippen molar-refractivity contribution in [1.82, 2.24) is 19.9 Å². The van der Waals surface area contributed by atoms with Gasteiger partial charge < -0.3 is 4.90 Å². The molecule has 0 N–H and O–H groups in total. The average Bonchev–Trinajstić information content (AvgIpc) is 2.83. The summed E-state index contributed by atoms with van der Waals surface area (Å²) in [4.78, 5) is 14.0. The number of fused-ring (bicyclic) bond motifs is 1. The zero-order valence-electron chi connectivity index (χ0n) is 9.95. The molecule has 1 aromatic heterocycles. The first-order chi connectivity index (χ1) is 8.84. The van der Waals surface area contributed by atoms with Crippen molar-refractivity contribution in [3.8, 4) is 0 Å². The summed E-state index contributed by atoms with van der Waals surface area (Å²) in [5, 5.41) is 8.10. The summed E-state index contributed by atoms with van der Waals surface area (Å²) in [5.74, 6) is 2.19. The number of aromatic nitrogens is 3. The van der Waals surface area contributed by atoms with Crippen LogP contribution in [0, 0.1) is 0 Å². The summed E-state index contributed by atoms with van der Waals surface area (Å²) >= 11 is 1.90. The Labute approximate surface area is 109 Å². The molecule has 18 heavy (non-hydrogen) atoms. The summed E-state index contributed by atoms with van der Waals surface area (Å²) in [6.45, 7) is 1.97. The van der Waals surface area contributed by atoms with Crippen molar-refractivity contribution < 1.29 is 4.79 Å². The van der Waals surface area contributed by atoms with Crippen LogP contribution >= 0.6 is 11.8 Å². The Morgan fingerprint density at radius 3 is 2.89 bits per heavy atom.